The van der Waals surface area contributed by atoms with Gasteiger partial charge >= 0.3 is 4.45 Å². The van der Waals surface area contributed by atoms with Gasteiger partial charge in [0.05, 0.1) is 0 Å². The van der Waals surface area contributed by atoms with E-state index in [9.17, 15) is 20.2 Å². The molecule has 0 aromatic heterocycles. The largest absolute Gasteiger partial charge is 0.364 e. The van der Waals surface area contributed by atoms with Crippen LogP contribution in [0.3, 0.4) is 0 Å². The van der Waals surface area contributed by atoms with E-state index in [1.54, 1.807) is 6.92 Å². The predicted octanol–water partition coefficient (Wildman–Crippen LogP) is 1.44. The molecule has 0 radical (unpaired) electrons. The molecule has 3 unspecified atom stereocenters. The molecule has 0 amide bonds. The molecule has 0 spiro atoms. The summed E-state index contributed by atoms with van der Waals surface area (Å²) >= 11 is 2.85. The van der Waals surface area contributed by atoms with E-state index in [1.807, 2.05) is 0 Å². The van der Waals surface area contributed by atoms with Crippen LogP contribution in [0.5, 0.6) is 0 Å². The van der Waals surface area contributed by atoms with Crippen LogP contribution in [0, 0.1) is 20.2 Å². The normalized spacial score (nSPS) is 18.9. The van der Waals surface area contributed by atoms with Crippen LogP contribution < -0.4 is 0 Å². The number of alkyl halides is 1. The van der Waals surface area contributed by atoms with Crippen molar-refractivity contribution in [2.45, 2.75) is 37.4 Å². The Kier molecular flexibility index (Phi) is 5.09. The molecule has 0 aliphatic carbocycles. The van der Waals surface area contributed by atoms with Crippen molar-refractivity contribution in [3.8, 4) is 0 Å². The van der Waals surface area contributed by atoms with Crippen LogP contribution in [-0.2, 0) is 4.74 Å². The van der Waals surface area contributed by atoms with Crippen LogP contribution >= 0.6 is 15.9 Å². The zero-order valence-corrected chi connectivity index (χ0v) is 10.3. The molecule has 0 rings (SSSR count). The van der Waals surface area contributed by atoms with Gasteiger partial charge in [-0.05, 0) is 6.92 Å². The molecule has 88 valence electrons. The molecule has 0 aliphatic heterocycles. The average Bonchev–Trinajstić information content (AvgIpc) is 2.12. The molecule has 3 atom stereocenters. The third-order valence-corrected chi connectivity index (χ3v) is 2.73. The van der Waals surface area contributed by atoms with E-state index < -0.39 is 26.4 Å². The van der Waals surface area contributed by atoms with Gasteiger partial charge in [0.25, 0.3) is 0 Å². The summed E-state index contributed by atoms with van der Waals surface area (Å²) in [5.74, 6) is 0. The number of nitrogens with zero attached hydrogens (tertiary/aromatic N) is 2. The second kappa shape index (κ2) is 5.36. The molecule has 0 saturated heterocycles. The Morgan fingerprint density at radius 2 is 1.93 bits per heavy atom. The van der Waals surface area contributed by atoms with Gasteiger partial charge in [0.15, 0.2) is 0 Å². The Labute approximate surface area is 95.2 Å². The third-order valence-electron chi connectivity index (χ3n) is 1.99. The van der Waals surface area contributed by atoms with Gasteiger partial charge in [-0.15, -0.1) is 0 Å². The smallest absolute Gasteiger partial charge is 0.304 e. The van der Waals surface area contributed by atoms with Gasteiger partial charge in [0.2, 0.25) is 12.1 Å². The fourth-order valence-corrected chi connectivity index (χ4v) is 1.64. The van der Waals surface area contributed by atoms with Crippen molar-refractivity contribution >= 4 is 15.9 Å². The van der Waals surface area contributed by atoms with Crippen molar-refractivity contribution in [2.75, 3.05) is 6.61 Å². The van der Waals surface area contributed by atoms with E-state index in [0.717, 1.165) is 0 Å². The highest BCUT2D eigenvalue weighted by atomic mass is 79.9. The third kappa shape index (κ3) is 3.38. The first-order chi connectivity index (χ1) is 6.75. The highest BCUT2D eigenvalue weighted by Gasteiger charge is 2.51. The zero-order valence-electron chi connectivity index (χ0n) is 8.68. The van der Waals surface area contributed by atoms with Crippen LogP contribution in [-0.4, -0.2) is 33.0 Å². The maximum atomic E-state index is 10.7. The van der Waals surface area contributed by atoms with E-state index >= 15 is 0 Å². The Morgan fingerprint density at radius 1 is 1.47 bits per heavy atom. The van der Waals surface area contributed by atoms with E-state index in [0.29, 0.717) is 0 Å². The van der Waals surface area contributed by atoms with E-state index in [2.05, 4.69) is 15.9 Å². The summed E-state index contributed by atoms with van der Waals surface area (Å²) in [7, 11) is 0. The average molecular weight is 285 g/mol. The molecular weight excluding hydrogens is 272 g/mol. The summed E-state index contributed by atoms with van der Waals surface area (Å²) in [5.41, 5.74) is 0. The molecule has 0 N–H and O–H groups in total. The highest BCUT2D eigenvalue weighted by Crippen LogP contribution is 2.28. The monoisotopic (exact) mass is 284 g/mol. The first-order valence-corrected chi connectivity index (χ1v) is 5.12. The lowest BCUT2D eigenvalue weighted by atomic mass is 10.1. The van der Waals surface area contributed by atoms with Gasteiger partial charge in [-0.1, -0.05) is 0 Å². The van der Waals surface area contributed by atoms with Gasteiger partial charge in [0.1, 0.15) is 0 Å². The van der Waals surface area contributed by atoms with Crippen LogP contribution in [0.4, 0.5) is 0 Å². The lowest BCUT2D eigenvalue weighted by molar-refractivity contribution is -0.583. The predicted molar refractivity (Wildman–Crippen MR) is 56.2 cm³/mol. The first-order valence-electron chi connectivity index (χ1n) is 4.33. The molecule has 0 bridgehead atoms. The first kappa shape index (κ1) is 14.2. The molecule has 0 aliphatic rings. The van der Waals surface area contributed by atoms with Crippen molar-refractivity contribution in [1.82, 2.24) is 0 Å². The second-order valence-corrected chi connectivity index (χ2v) is 4.79. The lowest BCUT2D eigenvalue weighted by Crippen LogP contribution is -2.51. The highest BCUT2D eigenvalue weighted by molar-refractivity contribution is 9.10. The summed E-state index contributed by atoms with van der Waals surface area (Å²) in [5, 5.41) is 21.3. The van der Waals surface area contributed by atoms with Crippen molar-refractivity contribution in [3.05, 3.63) is 20.2 Å². The minimum atomic E-state index is -1.66. The molecule has 0 aromatic carbocycles. The van der Waals surface area contributed by atoms with Crippen LogP contribution in [0.25, 0.3) is 0 Å². The number of rotatable bonds is 6. The maximum Gasteiger partial charge on any atom is 0.304 e. The van der Waals surface area contributed by atoms with Gasteiger partial charge in [-0.2, -0.15) is 0 Å². The number of ether oxygens (including phenoxy) is 1. The molecule has 8 heteroatoms. The number of nitro groups is 2. The molecule has 0 fully saturated rings. The van der Waals surface area contributed by atoms with Crippen molar-refractivity contribution in [2.24, 2.45) is 0 Å². The fraction of sp³-hybridized carbons (Fsp3) is 1.00. The van der Waals surface area contributed by atoms with Gasteiger partial charge in [0, 0.05) is 46.2 Å². The lowest BCUT2D eigenvalue weighted by Gasteiger charge is -2.25. The minimum absolute atomic E-state index is 0.178. The Bertz CT molecular complexity index is 258. The number of hydrogen-bond acceptors (Lipinski definition) is 5. The molecular formula is C7H13BrN2O5. The van der Waals surface area contributed by atoms with Crippen LogP contribution in [0.1, 0.15) is 20.8 Å². The maximum absolute atomic E-state index is 10.7. The number of hydrogen-bond donors (Lipinski definition) is 0. The zero-order chi connectivity index (χ0) is 12.2. The Morgan fingerprint density at radius 3 is 2.20 bits per heavy atom. The van der Waals surface area contributed by atoms with Crippen molar-refractivity contribution < 1.29 is 14.6 Å². The van der Waals surface area contributed by atoms with Crippen molar-refractivity contribution in [1.29, 1.82) is 0 Å². The van der Waals surface area contributed by atoms with Gasteiger partial charge < -0.3 is 4.74 Å². The van der Waals surface area contributed by atoms with E-state index in [4.69, 9.17) is 4.74 Å². The summed E-state index contributed by atoms with van der Waals surface area (Å²) in [6.45, 7) is 4.33. The van der Waals surface area contributed by atoms with Crippen LogP contribution in [0.15, 0.2) is 0 Å². The molecule has 7 nitrogen and oxygen atoms in total. The summed E-state index contributed by atoms with van der Waals surface area (Å²) in [6.07, 6.45) is -1.12. The Balaban J connectivity index is 4.95. The van der Waals surface area contributed by atoms with Crippen LogP contribution in [0.2, 0.25) is 0 Å². The second-order valence-electron chi connectivity index (χ2n) is 3.18. The molecule has 0 heterocycles. The summed E-state index contributed by atoms with van der Waals surface area (Å²) in [6, 6.07) is -1.15. The topological polar surface area (TPSA) is 95.5 Å². The van der Waals surface area contributed by atoms with Gasteiger partial charge in [-0.25, -0.2) is 0 Å². The fourth-order valence-electron chi connectivity index (χ4n) is 1.13. The quantitative estimate of drug-likeness (QED) is 0.318. The minimum Gasteiger partial charge on any atom is -0.364 e. The van der Waals surface area contributed by atoms with Crippen molar-refractivity contribution in [3.63, 3.8) is 0 Å². The molecule has 15 heavy (non-hydrogen) atoms. The SMILES string of the molecule is CCOC(C(C)[N+](=O)[O-])C(C)(Br)[N+](=O)[O-]. The van der Waals surface area contributed by atoms with Gasteiger partial charge in [-0.3, -0.25) is 20.2 Å². The molecule has 0 aromatic rings. The Hall–Kier alpha value is -0.760. The standard InChI is InChI=1S/C7H13BrN2O5/c1-4-15-6(5(2)9(11)12)7(3,8)10(13)14/h5-6H,4H2,1-3H3. The van der Waals surface area contributed by atoms with E-state index in [-0.39, 0.29) is 6.61 Å². The van der Waals surface area contributed by atoms with E-state index in [1.165, 1.54) is 13.8 Å². The summed E-state index contributed by atoms with van der Waals surface area (Å²) < 4.78 is 3.40. The number of halogens is 1. The summed E-state index contributed by atoms with van der Waals surface area (Å²) in [4.78, 5) is 20.1. The molecule has 0 saturated carbocycles.